The SMILES string of the molecule is C=C(CCCCC)C(=O)OCOC(=O)C(=C)CCCCC. The summed E-state index contributed by atoms with van der Waals surface area (Å²) in [6, 6.07) is 0. The fourth-order valence-electron chi connectivity index (χ4n) is 1.72. The van der Waals surface area contributed by atoms with Crippen LogP contribution in [0.2, 0.25) is 0 Å². The minimum Gasteiger partial charge on any atom is -0.424 e. The minimum absolute atomic E-state index is 0.378. The Labute approximate surface area is 128 Å². The molecule has 0 heterocycles. The number of unbranched alkanes of at least 4 members (excludes halogenated alkanes) is 4. The molecule has 21 heavy (non-hydrogen) atoms. The van der Waals surface area contributed by atoms with E-state index in [1.54, 1.807) is 0 Å². The van der Waals surface area contributed by atoms with Gasteiger partial charge in [0.1, 0.15) is 0 Å². The maximum Gasteiger partial charge on any atom is 0.336 e. The van der Waals surface area contributed by atoms with Gasteiger partial charge in [0.05, 0.1) is 0 Å². The highest BCUT2D eigenvalue weighted by atomic mass is 16.7. The molecule has 0 N–H and O–H groups in total. The molecular formula is C17H28O4. The molecule has 0 atom stereocenters. The van der Waals surface area contributed by atoms with Crippen LogP contribution in [0.4, 0.5) is 0 Å². The van der Waals surface area contributed by atoms with E-state index in [-0.39, 0.29) is 6.79 Å². The first kappa shape index (κ1) is 19.4. The Morgan fingerprint density at radius 3 is 1.48 bits per heavy atom. The third-order valence-corrected chi connectivity index (χ3v) is 3.12. The molecule has 120 valence electrons. The van der Waals surface area contributed by atoms with Crippen molar-refractivity contribution in [3.05, 3.63) is 24.3 Å². The van der Waals surface area contributed by atoms with Gasteiger partial charge in [0.15, 0.2) is 0 Å². The number of hydrogen-bond donors (Lipinski definition) is 0. The van der Waals surface area contributed by atoms with E-state index in [2.05, 4.69) is 27.0 Å². The maximum atomic E-state index is 11.6. The molecule has 0 spiro atoms. The van der Waals surface area contributed by atoms with Gasteiger partial charge in [0.2, 0.25) is 6.79 Å². The van der Waals surface area contributed by atoms with Gasteiger partial charge in [-0.05, 0) is 25.7 Å². The van der Waals surface area contributed by atoms with Gasteiger partial charge in [-0.25, -0.2) is 9.59 Å². The van der Waals surface area contributed by atoms with Crippen molar-refractivity contribution in [2.75, 3.05) is 6.79 Å². The Morgan fingerprint density at radius 1 is 0.762 bits per heavy atom. The minimum atomic E-state index is -0.504. The van der Waals surface area contributed by atoms with E-state index in [0.29, 0.717) is 24.0 Å². The number of esters is 2. The number of ether oxygens (including phenoxy) is 2. The predicted octanol–water partition coefficient (Wildman–Crippen LogP) is 4.30. The van der Waals surface area contributed by atoms with Crippen LogP contribution in [-0.4, -0.2) is 18.7 Å². The van der Waals surface area contributed by atoms with Crippen LogP contribution >= 0.6 is 0 Å². The predicted molar refractivity (Wildman–Crippen MR) is 83.6 cm³/mol. The van der Waals surface area contributed by atoms with Crippen molar-refractivity contribution >= 4 is 11.9 Å². The van der Waals surface area contributed by atoms with Crippen molar-refractivity contribution in [2.24, 2.45) is 0 Å². The van der Waals surface area contributed by atoms with Crippen LogP contribution in [0.15, 0.2) is 24.3 Å². The summed E-state index contributed by atoms with van der Waals surface area (Å²) in [5.74, 6) is -1.01. The molecule has 0 radical (unpaired) electrons. The van der Waals surface area contributed by atoms with Gasteiger partial charge in [-0.15, -0.1) is 0 Å². The van der Waals surface area contributed by atoms with Gasteiger partial charge in [-0.1, -0.05) is 52.7 Å². The maximum absolute atomic E-state index is 11.6. The monoisotopic (exact) mass is 296 g/mol. The standard InChI is InChI=1S/C17H28O4/c1-5-7-9-11-14(3)16(18)20-13-21-17(19)15(4)12-10-8-6-2/h3-13H2,1-2H3. The molecule has 0 aromatic heterocycles. The fourth-order valence-corrected chi connectivity index (χ4v) is 1.72. The van der Waals surface area contributed by atoms with E-state index in [9.17, 15) is 9.59 Å². The lowest BCUT2D eigenvalue weighted by Crippen LogP contribution is -2.15. The van der Waals surface area contributed by atoms with Gasteiger partial charge in [-0.3, -0.25) is 0 Å². The molecule has 0 aliphatic heterocycles. The molecule has 0 saturated carbocycles. The number of carbonyl (C=O) groups excluding carboxylic acids is 2. The number of hydrogen-bond acceptors (Lipinski definition) is 4. The summed E-state index contributed by atoms with van der Waals surface area (Å²) in [7, 11) is 0. The van der Waals surface area contributed by atoms with Gasteiger partial charge >= 0.3 is 11.9 Å². The first-order valence-electron chi connectivity index (χ1n) is 7.72. The molecule has 0 aromatic rings. The van der Waals surface area contributed by atoms with Crippen LogP contribution < -0.4 is 0 Å². The lowest BCUT2D eigenvalue weighted by molar-refractivity contribution is -0.161. The molecular weight excluding hydrogens is 268 g/mol. The van der Waals surface area contributed by atoms with Gasteiger partial charge in [0.25, 0.3) is 0 Å². The fraction of sp³-hybridized carbons (Fsp3) is 0.647. The highest BCUT2D eigenvalue weighted by Crippen LogP contribution is 2.10. The molecule has 0 aliphatic rings. The van der Waals surface area contributed by atoms with Crippen LogP contribution in [0.25, 0.3) is 0 Å². The second kappa shape index (κ2) is 12.2. The smallest absolute Gasteiger partial charge is 0.336 e. The number of rotatable bonds is 12. The quantitative estimate of drug-likeness (QED) is 0.233. The van der Waals surface area contributed by atoms with Crippen molar-refractivity contribution in [3.8, 4) is 0 Å². The summed E-state index contributed by atoms with van der Waals surface area (Å²) in [4.78, 5) is 23.1. The number of carbonyl (C=O) groups is 2. The summed E-state index contributed by atoms with van der Waals surface area (Å²) < 4.78 is 9.72. The molecule has 4 nitrogen and oxygen atoms in total. The molecule has 0 fully saturated rings. The van der Waals surface area contributed by atoms with Crippen molar-refractivity contribution in [1.29, 1.82) is 0 Å². The Hall–Kier alpha value is -1.58. The van der Waals surface area contributed by atoms with E-state index in [0.717, 1.165) is 38.5 Å². The van der Waals surface area contributed by atoms with Crippen molar-refractivity contribution in [2.45, 2.75) is 65.2 Å². The van der Waals surface area contributed by atoms with Gasteiger partial charge in [0, 0.05) is 11.1 Å². The first-order chi connectivity index (χ1) is 10.0. The molecule has 0 rings (SSSR count). The Balaban J connectivity index is 3.81. The molecule has 4 heteroatoms. The van der Waals surface area contributed by atoms with Crippen LogP contribution in [-0.2, 0) is 19.1 Å². The zero-order valence-electron chi connectivity index (χ0n) is 13.4. The van der Waals surface area contributed by atoms with Crippen molar-refractivity contribution < 1.29 is 19.1 Å². The zero-order valence-corrected chi connectivity index (χ0v) is 13.4. The lowest BCUT2D eigenvalue weighted by Gasteiger charge is -2.09. The van der Waals surface area contributed by atoms with Gasteiger partial charge in [-0.2, -0.15) is 0 Å². The van der Waals surface area contributed by atoms with Crippen LogP contribution in [0.3, 0.4) is 0 Å². The van der Waals surface area contributed by atoms with E-state index >= 15 is 0 Å². The Kier molecular flexibility index (Phi) is 11.3. The summed E-state index contributed by atoms with van der Waals surface area (Å²) in [5, 5.41) is 0. The average molecular weight is 296 g/mol. The van der Waals surface area contributed by atoms with Crippen LogP contribution in [0.5, 0.6) is 0 Å². The summed E-state index contributed by atoms with van der Waals surface area (Å²) in [5.41, 5.74) is 0.836. The van der Waals surface area contributed by atoms with E-state index < -0.39 is 11.9 Å². The second-order valence-corrected chi connectivity index (χ2v) is 5.10. The topological polar surface area (TPSA) is 52.6 Å². The highest BCUT2D eigenvalue weighted by Gasteiger charge is 2.11. The van der Waals surface area contributed by atoms with E-state index in [4.69, 9.17) is 9.47 Å². The summed E-state index contributed by atoms with van der Waals surface area (Å²) in [6.07, 6.45) is 7.34. The Bertz CT molecular complexity index is 324. The zero-order chi connectivity index (χ0) is 16.1. The molecule has 0 aromatic carbocycles. The third kappa shape index (κ3) is 9.88. The molecule has 0 unspecified atom stereocenters. The van der Waals surface area contributed by atoms with Gasteiger partial charge < -0.3 is 9.47 Å². The lowest BCUT2D eigenvalue weighted by atomic mass is 10.1. The molecule has 0 saturated heterocycles. The van der Waals surface area contributed by atoms with E-state index in [1.807, 2.05) is 0 Å². The van der Waals surface area contributed by atoms with Crippen LogP contribution in [0.1, 0.15) is 65.2 Å². The third-order valence-electron chi connectivity index (χ3n) is 3.12. The Morgan fingerprint density at radius 2 is 1.14 bits per heavy atom. The molecule has 0 aliphatic carbocycles. The molecule has 0 amide bonds. The first-order valence-corrected chi connectivity index (χ1v) is 7.72. The van der Waals surface area contributed by atoms with Crippen molar-refractivity contribution in [1.82, 2.24) is 0 Å². The van der Waals surface area contributed by atoms with Crippen LogP contribution in [0, 0.1) is 0 Å². The normalized spacial score (nSPS) is 10.0. The largest absolute Gasteiger partial charge is 0.424 e. The molecule has 0 bridgehead atoms. The average Bonchev–Trinajstić information content (AvgIpc) is 2.47. The second-order valence-electron chi connectivity index (χ2n) is 5.10. The summed E-state index contributed by atoms with van der Waals surface area (Å²) in [6.45, 7) is 11.2. The van der Waals surface area contributed by atoms with E-state index in [1.165, 1.54) is 0 Å². The summed E-state index contributed by atoms with van der Waals surface area (Å²) >= 11 is 0. The highest BCUT2D eigenvalue weighted by molar-refractivity contribution is 5.89. The van der Waals surface area contributed by atoms with Crippen molar-refractivity contribution in [3.63, 3.8) is 0 Å².